The lowest BCUT2D eigenvalue weighted by Gasteiger charge is -2.38. The summed E-state index contributed by atoms with van der Waals surface area (Å²) >= 11 is 0. The van der Waals surface area contributed by atoms with Gasteiger partial charge in [-0.25, -0.2) is 4.79 Å². The average Bonchev–Trinajstić information content (AvgIpc) is 2.47. The minimum absolute atomic E-state index is 0.162. The van der Waals surface area contributed by atoms with Crippen LogP contribution >= 0.6 is 0 Å². The van der Waals surface area contributed by atoms with Gasteiger partial charge < -0.3 is 25.2 Å². The zero-order valence-electron chi connectivity index (χ0n) is 14.9. The third-order valence-corrected chi connectivity index (χ3v) is 4.11. The molecule has 1 fully saturated rings. The standard InChI is InChI=1S/C18H28N2O4/c1-13-5-6-15(21)14(11-13)19-12-18(23)7-9-20(10-8-18)16(22)24-17(2,3)4/h5-6,11,19,21,23H,7-10,12H2,1-4H3. The Morgan fingerprint density at radius 2 is 1.96 bits per heavy atom. The van der Waals surface area contributed by atoms with Crippen molar-refractivity contribution in [2.45, 2.75) is 51.7 Å². The third-order valence-electron chi connectivity index (χ3n) is 4.11. The zero-order chi connectivity index (χ0) is 18.0. The van der Waals surface area contributed by atoms with Crippen LogP contribution in [0.25, 0.3) is 0 Å². The number of carbonyl (C=O) groups is 1. The molecular weight excluding hydrogens is 308 g/mol. The van der Waals surface area contributed by atoms with Gasteiger partial charge in [0.1, 0.15) is 11.4 Å². The number of aliphatic hydroxyl groups is 1. The van der Waals surface area contributed by atoms with Crippen molar-refractivity contribution in [1.29, 1.82) is 0 Å². The van der Waals surface area contributed by atoms with Crippen LogP contribution in [0.4, 0.5) is 10.5 Å². The number of aryl methyl sites for hydroxylation is 1. The number of aromatic hydroxyl groups is 1. The van der Waals surface area contributed by atoms with Crippen LogP contribution in [0.2, 0.25) is 0 Å². The molecule has 1 heterocycles. The number of nitrogens with zero attached hydrogens (tertiary/aromatic N) is 1. The van der Waals surface area contributed by atoms with Crippen LogP contribution in [-0.2, 0) is 4.74 Å². The monoisotopic (exact) mass is 336 g/mol. The summed E-state index contributed by atoms with van der Waals surface area (Å²) in [6.45, 7) is 8.68. The van der Waals surface area contributed by atoms with E-state index in [2.05, 4.69) is 5.32 Å². The van der Waals surface area contributed by atoms with E-state index >= 15 is 0 Å². The van der Waals surface area contributed by atoms with E-state index < -0.39 is 11.2 Å². The Bertz CT molecular complexity index is 587. The summed E-state index contributed by atoms with van der Waals surface area (Å²) in [7, 11) is 0. The Morgan fingerprint density at radius 3 is 2.54 bits per heavy atom. The van der Waals surface area contributed by atoms with Crippen molar-refractivity contribution >= 4 is 11.8 Å². The molecule has 134 valence electrons. The van der Waals surface area contributed by atoms with Gasteiger partial charge in [0.2, 0.25) is 0 Å². The van der Waals surface area contributed by atoms with Gasteiger partial charge in [-0.3, -0.25) is 0 Å². The SMILES string of the molecule is Cc1ccc(O)c(NCC2(O)CCN(C(=O)OC(C)(C)C)CC2)c1. The minimum Gasteiger partial charge on any atom is -0.506 e. The van der Waals surface area contributed by atoms with E-state index in [1.807, 2.05) is 39.8 Å². The highest BCUT2D eigenvalue weighted by molar-refractivity contribution is 5.68. The molecule has 1 aromatic rings. The van der Waals surface area contributed by atoms with Crippen LogP contribution in [0.5, 0.6) is 5.75 Å². The summed E-state index contributed by atoms with van der Waals surface area (Å²) < 4.78 is 5.36. The van der Waals surface area contributed by atoms with Gasteiger partial charge in [-0.05, 0) is 58.2 Å². The summed E-state index contributed by atoms with van der Waals surface area (Å²) in [4.78, 5) is 13.7. The lowest BCUT2D eigenvalue weighted by atomic mass is 9.91. The van der Waals surface area contributed by atoms with Gasteiger partial charge in [-0.2, -0.15) is 0 Å². The molecule has 0 atom stereocenters. The maximum atomic E-state index is 12.1. The zero-order valence-corrected chi connectivity index (χ0v) is 14.9. The van der Waals surface area contributed by atoms with Gasteiger partial charge in [-0.15, -0.1) is 0 Å². The average molecular weight is 336 g/mol. The maximum absolute atomic E-state index is 12.1. The Labute approximate surface area is 143 Å². The fourth-order valence-corrected chi connectivity index (χ4v) is 2.66. The van der Waals surface area contributed by atoms with Crippen molar-refractivity contribution in [2.24, 2.45) is 0 Å². The molecule has 2 rings (SSSR count). The summed E-state index contributed by atoms with van der Waals surface area (Å²) in [5.41, 5.74) is 0.212. The van der Waals surface area contributed by atoms with E-state index in [0.29, 0.717) is 38.2 Å². The van der Waals surface area contributed by atoms with Gasteiger partial charge in [0.25, 0.3) is 0 Å². The van der Waals surface area contributed by atoms with E-state index in [9.17, 15) is 15.0 Å². The molecule has 0 radical (unpaired) electrons. The second-order valence-corrected chi connectivity index (χ2v) is 7.57. The van der Waals surface area contributed by atoms with Gasteiger partial charge in [0.15, 0.2) is 0 Å². The van der Waals surface area contributed by atoms with Crippen LogP contribution in [0.1, 0.15) is 39.2 Å². The predicted octanol–water partition coefficient (Wildman–Crippen LogP) is 2.87. The molecule has 0 saturated carbocycles. The molecule has 6 nitrogen and oxygen atoms in total. The number of nitrogens with one attached hydrogen (secondary N) is 1. The summed E-state index contributed by atoms with van der Waals surface area (Å²) in [6.07, 6.45) is 0.589. The minimum atomic E-state index is -0.908. The number of phenols is 1. The van der Waals surface area contributed by atoms with E-state index in [0.717, 1.165) is 5.56 Å². The van der Waals surface area contributed by atoms with Crippen molar-refractivity contribution < 1.29 is 19.7 Å². The molecule has 0 aromatic heterocycles. The third kappa shape index (κ3) is 5.03. The predicted molar refractivity (Wildman–Crippen MR) is 93.3 cm³/mol. The lowest BCUT2D eigenvalue weighted by Crippen LogP contribution is -2.50. The second-order valence-electron chi connectivity index (χ2n) is 7.57. The molecule has 24 heavy (non-hydrogen) atoms. The Kier molecular flexibility index (Phi) is 5.28. The normalized spacial score (nSPS) is 17.5. The number of rotatable bonds is 3. The van der Waals surface area contributed by atoms with Gasteiger partial charge in [0.05, 0.1) is 11.3 Å². The first-order chi connectivity index (χ1) is 11.1. The van der Waals surface area contributed by atoms with Crippen LogP contribution in [0, 0.1) is 6.92 Å². The maximum Gasteiger partial charge on any atom is 0.410 e. The van der Waals surface area contributed by atoms with Crippen LogP contribution in [0.3, 0.4) is 0 Å². The number of amides is 1. The van der Waals surface area contributed by atoms with Crippen LogP contribution in [0.15, 0.2) is 18.2 Å². The summed E-state index contributed by atoms with van der Waals surface area (Å²) in [5.74, 6) is 0.162. The molecule has 6 heteroatoms. The largest absolute Gasteiger partial charge is 0.506 e. The first kappa shape index (κ1) is 18.4. The number of anilines is 1. The molecule has 0 spiro atoms. The number of benzene rings is 1. The van der Waals surface area contributed by atoms with E-state index in [1.165, 1.54) is 0 Å². The van der Waals surface area contributed by atoms with E-state index in [4.69, 9.17) is 4.74 Å². The first-order valence-electron chi connectivity index (χ1n) is 8.32. The van der Waals surface area contributed by atoms with Crippen molar-refractivity contribution in [2.75, 3.05) is 25.0 Å². The highest BCUT2D eigenvalue weighted by Gasteiger charge is 2.35. The Morgan fingerprint density at radius 1 is 1.33 bits per heavy atom. The van der Waals surface area contributed by atoms with Gasteiger partial charge >= 0.3 is 6.09 Å². The Balaban J connectivity index is 1.88. The lowest BCUT2D eigenvalue weighted by molar-refractivity contribution is -0.0244. The van der Waals surface area contributed by atoms with Gasteiger partial charge in [-0.1, -0.05) is 6.07 Å². The molecule has 0 unspecified atom stereocenters. The number of ether oxygens (including phenoxy) is 1. The van der Waals surface area contributed by atoms with Gasteiger partial charge in [0, 0.05) is 19.6 Å². The molecule has 1 aromatic carbocycles. The number of likely N-dealkylation sites (tertiary alicyclic amines) is 1. The molecule has 1 amide bonds. The van der Waals surface area contributed by atoms with Crippen molar-refractivity contribution in [3.05, 3.63) is 23.8 Å². The van der Waals surface area contributed by atoms with Crippen molar-refractivity contribution in [3.63, 3.8) is 0 Å². The molecule has 3 N–H and O–H groups in total. The van der Waals surface area contributed by atoms with Crippen molar-refractivity contribution in [1.82, 2.24) is 4.90 Å². The highest BCUT2D eigenvalue weighted by Crippen LogP contribution is 2.28. The molecule has 1 aliphatic heterocycles. The number of carbonyl (C=O) groups excluding carboxylic acids is 1. The van der Waals surface area contributed by atoms with E-state index in [1.54, 1.807) is 11.0 Å². The molecular formula is C18H28N2O4. The van der Waals surface area contributed by atoms with E-state index in [-0.39, 0.29) is 11.8 Å². The highest BCUT2D eigenvalue weighted by atomic mass is 16.6. The quantitative estimate of drug-likeness (QED) is 0.740. The fraction of sp³-hybridized carbons (Fsp3) is 0.611. The number of phenolic OH excluding ortho intramolecular Hbond substituents is 1. The second kappa shape index (κ2) is 6.89. The fourth-order valence-electron chi connectivity index (χ4n) is 2.66. The summed E-state index contributed by atoms with van der Waals surface area (Å²) in [6, 6.07) is 5.30. The number of hydrogen-bond donors (Lipinski definition) is 3. The van der Waals surface area contributed by atoms with Crippen LogP contribution < -0.4 is 5.32 Å². The topological polar surface area (TPSA) is 82.0 Å². The number of piperidine rings is 1. The Hall–Kier alpha value is -1.95. The molecule has 1 saturated heterocycles. The molecule has 0 aliphatic carbocycles. The smallest absolute Gasteiger partial charge is 0.410 e. The molecule has 0 bridgehead atoms. The summed E-state index contributed by atoms with van der Waals surface area (Å²) in [5, 5.41) is 23.7. The van der Waals surface area contributed by atoms with Crippen LogP contribution in [-0.4, -0.2) is 52.0 Å². The first-order valence-corrected chi connectivity index (χ1v) is 8.32. The number of hydrogen-bond acceptors (Lipinski definition) is 5. The van der Waals surface area contributed by atoms with Crippen molar-refractivity contribution in [3.8, 4) is 5.75 Å². The molecule has 1 aliphatic rings.